The molecule has 1 aromatic rings. The molecule has 0 saturated carbocycles. The maximum Gasteiger partial charge on any atom is 0.306 e. The maximum atomic E-state index is 12.1. The van der Waals surface area contributed by atoms with Crippen molar-refractivity contribution in [3.8, 4) is 0 Å². The van der Waals surface area contributed by atoms with Crippen LogP contribution in [0.25, 0.3) is 0 Å². The lowest BCUT2D eigenvalue weighted by molar-refractivity contribution is -0.140. The number of carbonyl (C=O) groups excluding carboxylic acids is 1. The molecule has 1 N–H and O–H groups in total. The van der Waals surface area contributed by atoms with Gasteiger partial charge in [-0.1, -0.05) is 31.2 Å². The SMILES string of the molecule is CCc1ccccc1CNS(=O)(=O)N(C)CCC(=O)OC. The van der Waals surface area contributed by atoms with Crippen LogP contribution >= 0.6 is 0 Å². The van der Waals surface area contributed by atoms with Crippen LogP contribution in [0, 0.1) is 0 Å². The van der Waals surface area contributed by atoms with Gasteiger partial charge in [-0.25, -0.2) is 0 Å². The highest BCUT2D eigenvalue weighted by Crippen LogP contribution is 2.10. The minimum absolute atomic E-state index is 0.0272. The molecule has 0 saturated heterocycles. The van der Waals surface area contributed by atoms with Crippen LogP contribution in [0.3, 0.4) is 0 Å². The molecular formula is C14H22N2O4S. The van der Waals surface area contributed by atoms with Gasteiger partial charge in [-0.3, -0.25) is 4.79 Å². The van der Waals surface area contributed by atoms with Crippen molar-refractivity contribution in [2.75, 3.05) is 20.7 Å². The Morgan fingerprint density at radius 2 is 1.90 bits per heavy atom. The van der Waals surface area contributed by atoms with Gasteiger partial charge >= 0.3 is 5.97 Å². The molecule has 0 aromatic heterocycles. The highest BCUT2D eigenvalue weighted by atomic mass is 32.2. The first-order valence-corrected chi connectivity index (χ1v) is 8.19. The Hall–Kier alpha value is -1.44. The predicted octanol–water partition coefficient (Wildman–Crippen LogP) is 1.08. The molecule has 0 aliphatic rings. The second kappa shape index (κ2) is 8.11. The monoisotopic (exact) mass is 314 g/mol. The molecule has 0 spiro atoms. The van der Waals surface area contributed by atoms with Gasteiger partial charge in [0.1, 0.15) is 0 Å². The van der Waals surface area contributed by atoms with Crippen LogP contribution in [0.2, 0.25) is 0 Å². The molecule has 0 aliphatic carbocycles. The molecular weight excluding hydrogens is 292 g/mol. The number of hydrogen-bond donors (Lipinski definition) is 1. The molecule has 0 radical (unpaired) electrons. The van der Waals surface area contributed by atoms with E-state index in [2.05, 4.69) is 9.46 Å². The van der Waals surface area contributed by atoms with E-state index in [4.69, 9.17) is 0 Å². The van der Waals surface area contributed by atoms with E-state index in [9.17, 15) is 13.2 Å². The standard InChI is InChI=1S/C14H22N2O4S/c1-4-12-7-5-6-8-13(12)11-15-21(18,19)16(2)10-9-14(17)20-3/h5-8,15H,4,9-11H2,1-3H3. The van der Waals surface area contributed by atoms with Crippen molar-refractivity contribution >= 4 is 16.2 Å². The van der Waals surface area contributed by atoms with Gasteiger partial charge in [0.25, 0.3) is 10.2 Å². The second-order valence-corrected chi connectivity index (χ2v) is 6.46. The molecule has 118 valence electrons. The Balaban J connectivity index is 2.61. The Morgan fingerprint density at radius 1 is 1.29 bits per heavy atom. The fourth-order valence-electron chi connectivity index (χ4n) is 1.82. The average Bonchev–Trinajstić information content (AvgIpc) is 2.50. The number of hydrogen-bond acceptors (Lipinski definition) is 4. The van der Waals surface area contributed by atoms with Crippen LogP contribution in [0.5, 0.6) is 0 Å². The lowest BCUT2D eigenvalue weighted by Gasteiger charge is -2.17. The molecule has 1 rings (SSSR count). The fraction of sp³-hybridized carbons (Fsp3) is 0.500. The number of nitrogens with one attached hydrogen (secondary N) is 1. The summed E-state index contributed by atoms with van der Waals surface area (Å²) in [7, 11) is -0.910. The van der Waals surface area contributed by atoms with Crippen LogP contribution in [-0.2, 0) is 32.7 Å². The van der Waals surface area contributed by atoms with Gasteiger partial charge in [-0.05, 0) is 17.5 Å². The zero-order chi connectivity index (χ0) is 15.9. The summed E-state index contributed by atoms with van der Waals surface area (Å²) in [5.41, 5.74) is 2.06. The van der Waals surface area contributed by atoms with E-state index in [1.807, 2.05) is 31.2 Å². The Kier molecular flexibility index (Phi) is 6.80. The first-order valence-electron chi connectivity index (χ1n) is 6.75. The number of methoxy groups -OCH3 is 1. The smallest absolute Gasteiger partial charge is 0.306 e. The van der Waals surface area contributed by atoms with Crippen molar-refractivity contribution in [3.05, 3.63) is 35.4 Å². The summed E-state index contributed by atoms with van der Waals surface area (Å²) in [5.74, 6) is -0.437. The number of nitrogens with zero attached hydrogens (tertiary/aromatic N) is 1. The van der Waals surface area contributed by atoms with E-state index < -0.39 is 16.2 Å². The molecule has 7 heteroatoms. The van der Waals surface area contributed by atoms with Gasteiger partial charge in [0.15, 0.2) is 0 Å². The van der Waals surface area contributed by atoms with Crippen LogP contribution in [0.4, 0.5) is 0 Å². The Bertz CT molecular complexity index is 572. The highest BCUT2D eigenvalue weighted by molar-refractivity contribution is 7.87. The number of rotatable bonds is 8. The van der Waals surface area contributed by atoms with Crippen molar-refractivity contribution in [1.82, 2.24) is 9.03 Å². The quantitative estimate of drug-likeness (QED) is 0.729. The summed E-state index contributed by atoms with van der Waals surface area (Å²) in [6.45, 7) is 2.34. The summed E-state index contributed by atoms with van der Waals surface area (Å²) < 4.78 is 32.3. The third kappa shape index (κ3) is 5.45. The molecule has 21 heavy (non-hydrogen) atoms. The van der Waals surface area contributed by atoms with E-state index in [1.165, 1.54) is 14.2 Å². The first kappa shape index (κ1) is 17.6. The van der Waals surface area contributed by atoms with Gasteiger partial charge in [0, 0.05) is 20.1 Å². The molecule has 6 nitrogen and oxygen atoms in total. The lowest BCUT2D eigenvalue weighted by Crippen LogP contribution is -2.39. The predicted molar refractivity (Wildman–Crippen MR) is 80.8 cm³/mol. The molecule has 0 aliphatic heterocycles. The largest absolute Gasteiger partial charge is 0.469 e. The second-order valence-electron chi connectivity index (χ2n) is 4.60. The number of benzene rings is 1. The normalized spacial score (nSPS) is 11.6. The minimum Gasteiger partial charge on any atom is -0.469 e. The van der Waals surface area contributed by atoms with Crippen LogP contribution < -0.4 is 4.72 Å². The molecule has 0 bridgehead atoms. The van der Waals surface area contributed by atoms with Crippen molar-refractivity contribution in [3.63, 3.8) is 0 Å². The van der Waals surface area contributed by atoms with Gasteiger partial charge in [0.05, 0.1) is 13.5 Å². The number of carbonyl (C=O) groups is 1. The van der Waals surface area contributed by atoms with E-state index in [0.717, 1.165) is 21.9 Å². The maximum absolute atomic E-state index is 12.1. The number of esters is 1. The first-order chi connectivity index (χ1) is 9.90. The molecule has 1 aromatic carbocycles. The summed E-state index contributed by atoms with van der Waals surface area (Å²) in [5, 5.41) is 0. The van der Waals surface area contributed by atoms with Gasteiger partial charge in [-0.2, -0.15) is 17.4 Å². The minimum atomic E-state index is -3.61. The fourth-order valence-corrected chi connectivity index (χ4v) is 2.71. The van der Waals surface area contributed by atoms with Crippen LogP contribution in [0.15, 0.2) is 24.3 Å². The summed E-state index contributed by atoms with van der Waals surface area (Å²) in [6.07, 6.45) is 0.871. The Morgan fingerprint density at radius 3 is 2.48 bits per heavy atom. The van der Waals surface area contributed by atoms with E-state index in [0.29, 0.717) is 0 Å². The molecule has 0 unspecified atom stereocenters. The van der Waals surface area contributed by atoms with E-state index >= 15 is 0 Å². The molecule has 0 atom stereocenters. The van der Waals surface area contributed by atoms with Crippen molar-refractivity contribution in [2.45, 2.75) is 26.3 Å². The summed E-state index contributed by atoms with van der Waals surface area (Å²) >= 11 is 0. The van der Waals surface area contributed by atoms with Crippen molar-refractivity contribution in [1.29, 1.82) is 0 Å². The van der Waals surface area contributed by atoms with Gasteiger partial charge in [-0.15, -0.1) is 0 Å². The van der Waals surface area contributed by atoms with Crippen LogP contribution in [-0.4, -0.2) is 39.4 Å². The van der Waals surface area contributed by atoms with Crippen molar-refractivity contribution < 1.29 is 17.9 Å². The third-order valence-corrected chi connectivity index (χ3v) is 4.73. The molecule has 0 amide bonds. The highest BCUT2D eigenvalue weighted by Gasteiger charge is 2.18. The number of ether oxygens (including phenoxy) is 1. The Labute approximate surface area is 126 Å². The summed E-state index contributed by atoms with van der Waals surface area (Å²) in [6, 6.07) is 7.68. The molecule has 0 heterocycles. The average molecular weight is 314 g/mol. The third-order valence-electron chi connectivity index (χ3n) is 3.21. The molecule has 0 fully saturated rings. The van der Waals surface area contributed by atoms with E-state index in [-0.39, 0.29) is 19.5 Å². The van der Waals surface area contributed by atoms with Crippen molar-refractivity contribution in [2.24, 2.45) is 0 Å². The van der Waals surface area contributed by atoms with E-state index in [1.54, 1.807) is 0 Å². The van der Waals surface area contributed by atoms with Gasteiger partial charge in [0.2, 0.25) is 0 Å². The zero-order valence-electron chi connectivity index (χ0n) is 12.6. The lowest BCUT2D eigenvalue weighted by atomic mass is 10.1. The summed E-state index contributed by atoms with van der Waals surface area (Å²) in [4.78, 5) is 11.0. The van der Waals surface area contributed by atoms with Crippen LogP contribution in [0.1, 0.15) is 24.5 Å². The number of aryl methyl sites for hydroxylation is 1. The zero-order valence-corrected chi connectivity index (χ0v) is 13.4. The van der Waals surface area contributed by atoms with Gasteiger partial charge < -0.3 is 4.74 Å². The topological polar surface area (TPSA) is 75.7 Å².